The highest BCUT2D eigenvalue weighted by Gasteiger charge is 2.23. The Bertz CT molecular complexity index is 1210. The summed E-state index contributed by atoms with van der Waals surface area (Å²) in [7, 11) is 0. The van der Waals surface area contributed by atoms with Crippen molar-refractivity contribution in [3.05, 3.63) is 75.1 Å². The van der Waals surface area contributed by atoms with Crippen molar-refractivity contribution in [2.24, 2.45) is 0 Å². The lowest BCUT2D eigenvalue weighted by Gasteiger charge is -2.18. The Morgan fingerprint density at radius 3 is 2.53 bits per heavy atom. The minimum absolute atomic E-state index is 0.0988. The summed E-state index contributed by atoms with van der Waals surface area (Å²) in [4.78, 5) is 37.0. The standard InChI is InChI=1S/C25H25NO6/c1-15-21(13-12-19-18-10-6-7-11-20(18)24(28)32-22(15)19)31-23(27)16(2)26-25(29)30-14-17-8-4-3-5-9-17/h3-5,8-9,12-13,16H,6-7,10-11,14H2,1-2H3,(H,26,29)/t16-/m1/s1. The summed E-state index contributed by atoms with van der Waals surface area (Å²) in [6.45, 7) is 3.36. The molecule has 0 radical (unpaired) electrons. The monoisotopic (exact) mass is 435 g/mol. The van der Waals surface area contributed by atoms with Crippen molar-refractivity contribution in [2.75, 3.05) is 0 Å². The number of nitrogens with one attached hydrogen (secondary N) is 1. The van der Waals surface area contributed by atoms with Crippen LogP contribution in [0.5, 0.6) is 5.75 Å². The van der Waals surface area contributed by atoms with Crippen molar-refractivity contribution in [1.29, 1.82) is 0 Å². The molecule has 7 nitrogen and oxygen atoms in total. The van der Waals surface area contributed by atoms with E-state index >= 15 is 0 Å². The van der Waals surface area contributed by atoms with Crippen LogP contribution in [-0.4, -0.2) is 18.1 Å². The molecular formula is C25H25NO6. The Morgan fingerprint density at radius 1 is 1.06 bits per heavy atom. The van der Waals surface area contributed by atoms with Gasteiger partial charge in [0.25, 0.3) is 0 Å². The molecule has 2 aromatic carbocycles. The highest BCUT2D eigenvalue weighted by atomic mass is 16.6. The number of benzene rings is 2. The number of carbonyl (C=O) groups excluding carboxylic acids is 2. The maximum Gasteiger partial charge on any atom is 0.408 e. The molecule has 0 fully saturated rings. The smallest absolute Gasteiger partial charge is 0.408 e. The second-order valence-electron chi connectivity index (χ2n) is 7.97. The molecular weight excluding hydrogens is 410 g/mol. The van der Waals surface area contributed by atoms with Gasteiger partial charge in [-0.25, -0.2) is 14.4 Å². The number of alkyl carbamates (subject to hydrolysis) is 1. The minimum atomic E-state index is -0.927. The zero-order chi connectivity index (χ0) is 22.7. The van der Waals surface area contributed by atoms with E-state index in [1.54, 1.807) is 13.0 Å². The van der Waals surface area contributed by atoms with Crippen LogP contribution in [0, 0.1) is 6.92 Å². The number of hydrogen-bond donors (Lipinski definition) is 1. The first-order valence-electron chi connectivity index (χ1n) is 10.7. The molecule has 0 saturated carbocycles. The van der Waals surface area contributed by atoms with Gasteiger partial charge >= 0.3 is 17.7 Å². The van der Waals surface area contributed by atoms with E-state index < -0.39 is 18.1 Å². The zero-order valence-corrected chi connectivity index (χ0v) is 18.1. The van der Waals surface area contributed by atoms with E-state index in [4.69, 9.17) is 13.9 Å². The van der Waals surface area contributed by atoms with Gasteiger partial charge in [-0.15, -0.1) is 0 Å². The van der Waals surface area contributed by atoms with Crippen molar-refractivity contribution in [3.63, 3.8) is 0 Å². The minimum Gasteiger partial charge on any atom is -0.445 e. The molecule has 7 heteroatoms. The van der Waals surface area contributed by atoms with Crippen molar-refractivity contribution in [2.45, 2.75) is 52.2 Å². The molecule has 1 amide bonds. The number of aryl methyl sites for hydroxylation is 2. The van der Waals surface area contributed by atoms with Gasteiger partial charge in [0.2, 0.25) is 0 Å². The number of rotatable bonds is 5. The quantitative estimate of drug-likeness (QED) is 0.367. The summed E-state index contributed by atoms with van der Waals surface area (Å²) in [6, 6.07) is 11.8. The average Bonchev–Trinajstić information content (AvgIpc) is 2.80. The Morgan fingerprint density at radius 2 is 1.78 bits per heavy atom. The third-order valence-corrected chi connectivity index (χ3v) is 5.70. The summed E-state index contributed by atoms with van der Waals surface area (Å²) in [6.07, 6.45) is 2.86. The molecule has 1 aromatic heterocycles. The summed E-state index contributed by atoms with van der Waals surface area (Å²) < 4.78 is 16.2. The number of carbonyl (C=O) groups is 2. The van der Waals surface area contributed by atoms with E-state index in [9.17, 15) is 14.4 Å². The number of fused-ring (bicyclic) bond motifs is 3. The van der Waals surface area contributed by atoms with Crippen molar-refractivity contribution < 1.29 is 23.5 Å². The van der Waals surface area contributed by atoms with Gasteiger partial charge in [0.1, 0.15) is 24.0 Å². The van der Waals surface area contributed by atoms with Crippen LogP contribution in [0.4, 0.5) is 4.79 Å². The van der Waals surface area contributed by atoms with E-state index in [0.29, 0.717) is 11.1 Å². The lowest BCUT2D eigenvalue weighted by molar-refractivity contribution is -0.136. The van der Waals surface area contributed by atoms with Crippen LogP contribution >= 0.6 is 0 Å². The second-order valence-corrected chi connectivity index (χ2v) is 7.97. The molecule has 0 aliphatic heterocycles. The molecule has 0 saturated heterocycles. The van der Waals surface area contributed by atoms with Gasteiger partial charge in [-0.2, -0.15) is 0 Å². The molecule has 1 aliphatic carbocycles. The summed E-state index contributed by atoms with van der Waals surface area (Å²) in [5.41, 5.74) is 3.30. The van der Waals surface area contributed by atoms with Crippen molar-refractivity contribution in [1.82, 2.24) is 5.32 Å². The summed E-state index contributed by atoms with van der Waals surface area (Å²) in [5.74, 6) is -0.364. The molecule has 0 unspecified atom stereocenters. The van der Waals surface area contributed by atoms with Gasteiger partial charge in [0.15, 0.2) is 0 Å². The molecule has 32 heavy (non-hydrogen) atoms. The predicted molar refractivity (Wildman–Crippen MR) is 119 cm³/mol. The van der Waals surface area contributed by atoms with Crippen molar-refractivity contribution >= 4 is 23.0 Å². The van der Waals surface area contributed by atoms with Gasteiger partial charge in [0.05, 0.1) is 0 Å². The Kier molecular flexibility index (Phi) is 6.25. The highest BCUT2D eigenvalue weighted by Crippen LogP contribution is 2.32. The topological polar surface area (TPSA) is 94.8 Å². The van der Waals surface area contributed by atoms with Gasteiger partial charge < -0.3 is 19.2 Å². The number of hydrogen-bond acceptors (Lipinski definition) is 6. The van der Waals surface area contributed by atoms with E-state index in [1.165, 1.54) is 6.92 Å². The SMILES string of the molecule is Cc1c(OC(=O)[C@@H](C)NC(=O)OCc2ccccc2)ccc2c3c(c(=O)oc12)CCCC3. The van der Waals surface area contributed by atoms with E-state index in [-0.39, 0.29) is 18.0 Å². The van der Waals surface area contributed by atoms with E-state index in [2.05, 4.69) is 5.32 Å². The molecule has 1 atom stereocenters. The van der Waals surface area contributed by atoms with Crippen LogP contribution in [0.15, 0.2) is 51.7 Å². The Balaban J connectivity index is 1.44. The number of ether oxygens (including phenoxy) is 2. The second kappa shape index (κ2) is 9.26. The van der Waals surface area contributed by atoms with Crippen LogP contribution in [0.25, 0.3) is 11.0 Å². The first-order chi connectivity index (χ1) is 15.4. The molecule has 3 aromatic rings. The number of amides is 1. The third-order valence-electron chi connectivity index (χ3n) is 5.70. The Hall–Kier alpha value is -3.61. The molecule has 0 bridgehead atoms. The lowest BCUT2D eigenvalue weighted by atomic mass is 9.90. The maximum absolute atomic E-state index is 12.5. The van der Waals surface area contributed by atoms with Crippen LogP contribution in [-0.2, 0) is 29.0 Å². The van der Waals surface area contributed by atoms with Gasteiger partial charge in [-0.05, 0) is 62.8 Å². The largest absolute Gasteiger partial charge is 0.445 e. The fourth-order valence-corrected chi connectivity index (χ4v) is 3.93. The molecule has 1 N–H and O–H groups in total. The average molecular weight is 435 g/mol. The first kappa shape index (κ1) is 21.6. The third kappa shape index (κ3) is 4.51. The summed E-state index contributed by atoms with van der Waals surface area (Å²) >= 11 is 0. The van der Waals surface area contributed by atoms with Gasteiger partial charge in [-0.1, -0.05) is 30.3 Å². The molecule has 0 spiro atoms. The molecule has 4 rings (SSSR count). The normalized spacial score (nSPS) is 13.8. The summed E-state index contributed by atoms with van der Waals surface area (Å²) in [5, 5.41) is 3.35. The van der Waals surface area contributed by atoms with Crippen LogP contribution in [0.3, 0.4) is 0 Å². The maximum atomic E-state index is 12.5. The van der Waals surface area contributed by atoms with Crippen LogP contribution in [0.2, 0.25) is 0 Å². The van der Waals surface area contributed by atoms with Crippen LogP contribution < -0.4 is 15.7 Å². The molecule has 1 heterocycles. The highest BCUT2D eigenvalue weighted by molar-refractivity contribution is 5.88. The fourth-order valence-electron chi connectivity index (χ4n) is 3.93. The molecule has 1 aliphatic rings. The zero-order valence-electron chi connectivity index (χ0n) is 18.1. The van der Waals surface area contributed by atoms with Crippen molar-refractivity contribution in [3.8, 4) is 5.75 Å². The Labute approximate surface area is 185 Å². The van der Waals surface area contributed by atoms with Gasteiger partial charge in [-0.3, -0.25) is 0 Å². The lowest BCUT2D eigenvalue weighted by Crippen LogP contribution is -2.41. The number of esters is 1. The van der Waals surface area contributed by atoms with Crippen LogP contribution in [0.1, 0.15) is 42.0 Å². The first-order valence-corrected chi connectivity index (χ1v) is 10.7. The van der Waals surface area contributed by atoms with E-state index in [1.807, 2.05) is 36.4 Å². The fraction of sp³-hybridized carbons (Fsp3) is 0.320. The van der Waals surface area contributed by atoms with Gasteiger partial charge in [0, 0.05) is 16.5 Å². The molecule has 166 valence electrons. The van der Waals surface area contributed by atoms with E-state index in [0.717, 1.165) is 47.8 Å². The predicted octanol–water partition coefficient (Wildman–Crippen LogP) is 4.20.